The number of hydrogen-bond acceptors (Lipinski definition) is 4. The van der Waals surface area contributed by atoms with Crippen LogP contribution >= 0.6 is 0 Å². The maximum Gasteiger partial charge on any atom is 0.118 e. The fourth-order valence-corrected chi connectivity index (χ4v) is 4.25. The number of hydrogen-bond donors (Lipinski definition) is 0. The summed E-state index contributed by atoms with van der Waals surface area (Å²) in [4.78, 5) is 3.58. The van der Waals surface area contributed by atoms with Gasteiger partial charge in [0, 0.05) is 14.1 Å². The highest BCUT2D eigenvalue weighted by atomic mass is 32.2. The molecule has 1 aliphatic rings. The second-order valence-electron chi connectivity index (χ2n) is 5.72. The van der Waals surface area contributed by atoms with Crippen molar-refractivity contribution in [3.05, 3.63) is 65.1 Å². The summed E-state index contributed by atoms with van der Waals surface area (Å²) in [7, 11) is 4.28. The minimum absolute atomic E-state index is 0.285. The Morgan fingerprint density at radius 3 is 2.50 bits per heavy atom. The number of methoxy groups -OCH3 is 1. The van der Waals surface area contributed by atoms with E-state index in [1.165, 1.54) is 0 Å². The van der Waals surface area contributed by atoms with Crippen LogP contribution in [0.5, 0.6) is 5.75 Å². The Bertz CT molecular complexity index is 768. The summed E-state index contributed by atoms with van der Waals surface area (Å²) in [6, 6.07) is 15.5. The Hall–Kier alpha value is -2.11. The Balaban J connectivity index is 1.92. The monoisotopic (exact) mass is 343 g/mol. The highest BCUT2D eigenvalue weighted by molar-refractivity contribution is 7.89. The molecule has 5 heteroatoms. The van der Waals surface area contributed by atoms with Gasteiger partial charge in [0.05, 0.1) is 40.0 Å². The van der Waals surface area contributed by atoms with Gasteiger partial charge in [-0.1, -0.05) is 24.3 Å². The highest BCUT2D eigenvalue weighted by Gasteiger charge is 2.28. The molecule has 0 fully saturated rings. The zero-order chi connectivity index (χ0) is 17.1. The molecule has 24 heavy (non-hydrogen) atoms. The molecule has 0 saturated carbocycles. The number of benzene rings is 2. The van der Waals surface area contributed by atoms with Crippen molar-refractivity contribution in [1.82, 2.24) is 0 Å². The lowest BCUT2D eigenvalue weighted by molar-refractivity contribution is 0.127. The Kier molecular flexibility index (Phi) is 5.02. The minimum atomic E-state index is -1.27. The van der Waals surface area contributed by atoms with E-state index in [4.69, 9.17) is 9.47 Å². The number of ether oxygens (including phenoxy) is 2. The van der Waals surface area contributed by atoms with E-state index in [1.807, 2.05) is 73.6 Å². The molecule has 0 aromatic heterocycles. The first-order valence-corrected chi connectivity index (χ1v) is 8.90. The molecule has 0 aliphatic carbocycles. The highest BCUT2D eigenvalue weighted by Crippen LogP contribution is 2.37. The van der Waals surface area contributed by atoms with Crippen molar-refractivity contribution in [3.8, 4) is 5.75 Å². The van der Waals surface area contributed by atoms with Crippen LogP contribution in [0, 0.1) is 0 Å². The van der Waals surface area contributed by atoms with Gasteiger partial charge in [0.15, 0.2) is 0 Å². The first kappa shape index (κ1) is 16.7. The third-order valence-corrected chi connectivity index (χ3v) is 5.54. The van der Waals surface area contributed by atoms with Gasteiger partial charge in [0.2, 0.25) is 0 Å². The zero-order valence-corrected chi connectivity index (χ0v) is 14.9. The molecule has 2 atom stereocenters. The average molecular weight is 343 g/mol. The molecule has 0 radical (unpaired) electrons. The average Bonchev–Trinajstić information content (AvgIpc) is 3.10. The molecule has 4 nitrogen and oxygen atoms in total. The third kappa shape index (κ3) is 3.23. The molecule has 0 spiro atoms. The molecule has 2 aromatic rings. The van der Waals surface area contributed by atoms with Crippen LogP contribution < -0.4 is 9.64 Å². The molecular formula is C19H21NO3S. The third-order valence-electron chi connectivity index (χ3n) is 3.99. The molecule has 3 rings (SSSR count). The van der Waals surface area contributed by atoms with E-state index in [0.717, 1.165) is 26.8 Å². The zero-order valence-electron chi connectivity index (χ0n) is 14.1. The van der Waals surface area contributed by atoms with Crippen LogP contribution in [0.25, 0.3) is 0 Å². The SMILES string of the molecule is COc1ccc([C@@H]2OCC=C2S(=O)c2ccccc2N(C)C)cc1. The fourth-order valence-electron chi connectivity index (χ4n) is 2.74. The number of rotatable bonds is 5. The van der Waals surface area contributed by atoms with Gasteiger partial charge in [0.1, 0.15) is 11.9 Å². The summed E-state index contributed by atoms with van der Waals surface area (Å²) in [5.41, 5.74) is 1.94. The summed E-state index contributed by atoms with van der Waals surface area (Å²) >= 11 is 0. The number of anilines is 1. The largest absolute Gasteiger partial charge is 0.497 e. The fraction of sp³-hybridized carbons (Fsp3) is 0.263. The number of nitrogens with zero attached hydrogens (tertiary/aromatic N) is 1. The molecule has 126 valence electrons. The molecule has 1 aliphatic heterocycles. The van der Waals surface area contributed by atoms with Crippen molar-refractivity contribution in [2.75, 3.05) is 32.7 Å². The Morgan fingerprint density at radius 1 is 1.12 bits per heavy atom. The second-order valence-corrected chi connectivity index (χ2v) is 7.17. The summed E-state index contributed by atoms with van der Waals surface area (Å²) in [5, 5.41) is 0. The van der Waals surface area contributed by atoms with Crippen LogP contribution in [0.2, 0.25) is 0 Å². The standard InChI is InChI=1S/C19H21NO3S/c1-20(2)16-6-4-5-7-17(16)24(21)18-12-13-23-19(18)14-8-10-15(22-3)11-9-14/h4-12,19H,13H2,1-3H3/t19-,24?/m0/s1. The predicted molar refractivity (Wildman–Crippen MR) is 96.9 cm³/mol. The molecule has 2 aromatic carbocycles. The van der Waals surface area contributed by atoms with Gasteiger partial charge in [-0.15, -0.1) is 0 Å². The van der Waals surface area contributed by atoms with Crippen LogP contribution in [0.4, 0.5) is 5.69 Å². The van der Waals surface area contributed by atoms with Crippen LogP contribution in [0.15, 0.2) is 64.4 Å². The van der Waals surface area contributed by atoms with E-state index >= 15 is 0 Å². The van der Waals surface area contributed by atoms with Crippen molar-refractivity contribution in [1.29, 1.82) is 0 Å². The Labute approximate surface area is 145 Å². The van der Waals surface area contributed by atoms with Crippen molar-refractivity contribution in [2.45, 2.75) is 11.0 Å². The van der Waals surface area contributed by atoms with Crippen molar-refractivity contribution in [3.63, 3.8) is 0 Å². The van der Waals surface area contributed by atoms with Gasteiger partial charge in [0.25, 0.3) is 0 Å². The topological polar surface area (TPSA) is 38.8 Å². The van der Waals surface area contributed by atoms with Crippen molar-refractivity contribution in [2.24, 2.45) is 0 Å². The molecule has 0 bridgehead atoms. The summed E-state index contributed by atoms with van der Waals surface area (Å²) in [6.45, 7) is 0.474. The second kappa shape index (κ2) is 7.20. The van der Waals surface area contributed by atoms with E-state index in [2.05, 4.69) is 0 Å². The predicted octanol–water partition coefficient (Wildman–Crippen LogP) is 3.52. The minimum Gasteiger partial charge on any atom is -0.497 e. The van der Waals surface area contributed by atoms with Gasteiger partial charge in [-0.25, -0.2) is 4.21 Å². The summed E-state index contributed by atoms with van der Waals surface area (Å²) in [5.74, 6) is 0.793. The van der Waals surface area contributed by atoms with Gasteiger partial charge in [-0.2, -0.15) is 0 Å². The van der Waals surface area contributed by atoms with Gasteiger partial charge in [-0.05, 0) is 35.9 Å². The maximum atomic E-state index is 13.2. The van der Waals surface area contributed by atoms with Crippen LogP contribution in [-0.4, -0.2) is 32.0 Å². The van der Waals surface area contributed by atoms with E-state index in [9.17, 15) is 4.21 Å². The number of para-hydroxylation sites is 1. The Morgan fingerprint density at radius 2 is 1.83 bits per heavy atom. The van der Waals surface area contributed by atoms with Crippen molar-refractivity contribution < 1.29 is 13.7 Å². The summed E-state index contributed by atoms with van der Waals surface area (Å²) in [6.07, 6.45) is 1.64. The van der Waals surface area contributed by atoms with Crippen LogP contribution in [0.1, 0.15) is 11.7 Å². The van der Waals surface area contributed by atoms with Crippen LogP contribution in [-0.2, 0) is 15.5 Å². The lowest BCUT2D eigenvalue weighted by atomic mass is 10.1. The van der Waals surface area contributed by atoms with Gasteiger partial charge >= 0.3 is 0 Å². The van der Waals surface area contributed by atoms with E-state index in [0.29, 0.717) is 6.61 Å². The lowest BCUT2D eigenvalue weighted by Crippen LogP contribution is -2.13. The molecule has 1 unspecified atom stereocenters. The van der Waals surface area contributed by atoms with Crippen molar-refractivity contribution >= 4 is 16.5 Å². The molecule has 0 amide bonds. The maximum absolute atomic E-state index is 13.2. The van der Waals surface area contributed by atoms with E-state index in [1.54, 1.807) is 7.11 Å². The quantitative estimate of drug-likeness (QED) is 0.833. The van der Waals surface area contributed by atoms with Gasteiger partial charge in [-0.3, -0.25) is 0 Å². The smallest absolute Gasteiger partial charge is 0.118 e. The first-order chi connectivity index (χ1) is 11.6. The van der Waals surface area contributed by atoms with E-state index in [-0.39, 0.29) is 6.10 Å². The molecular weight excluding hydrogens is 322 g/mol. The molecule has 0 saturated heterocycles. The normalized spacial score (nSPS) is 18.1. The van der Waals surface area contributed by atoms with E-state index < -0.39 is 10.8 Å². The van der Waals surface area contributed by atoms with Crippen LogP contribution in [0.3, 0.4) is 0 Å². The first-order valence-electron chi connectivity index (χ1n) is 7.75. The molecule has 0 N–H and O–H groups in total. The summed E-state index contributed by atoms with van der Waals surface area (Å²) < 4.78 is 24.2. The van der Waals surface area contributed by atoms with Gasteiger partial charge < -0.3 is 14.4 Å². The lowest BCUT2D eigenvalue weighted by Gasteiger charge is -2.19. The molecule has 1 heterocycles.